The lowest BCUT2D eigenvalue weighted by molar-refractivity contribution is -0.135. The number of nitrogens with zero attached hydrogens (tertiary/aromatic N) is 1. The zero-order valence-corrected chi connectivity index (χ0v) is 24.3. The Hall–Kier alpha value is -0.730. The minimum absolute atomic E-state index is 0.0148. The van der Waals surface area contributed by atoms with Crippen LogP contribution in [0.5, 0.6) is 0 Å². The van der Waals surface area contributed by atoms with Crippen molar-refractivity contribution in [2.24, 2.45) is 46.3 Å². The molecule has 4 aliphatic rings. The average molecular weight is 538 g/mol. The molecule has 0 aliphatic heterocycles. The Morgan fingerprint density at radius 3 is 2.32 bits per heavy atom. The third-order valence-electron chi connectivity index (χ3n) is 12.3. The Morgan fingerprint density at radius 1 is 0.921 bits per heavy atom. The van der Waals surface area contributed by atoms with Crippen LogP contribution in [0.15, 0.2) is 0 Å². The van der Waals surface area contributed by atoms with Crippen LogP contribution in [0, 0.1) is 46.3 Å². The average Bonchev–Trinajstić information content (AvgIpc) is 3.24. The van der Waals surface area contributed by atoms with Crippen molar-refractivity contribution in [2.75, 3.05) is 20.2 Å². The Kier molecular flexibility index (Phi) is 9.56. The van der Waals surface area contributed by atoms with Gasteiger partial charge in [0, 0.05) is 26.6 Å². The van der Waals surface area contributed by atoms with Gasteiger partial charge in [-0.1, -0.05) is 20.8 Å². The number of hydrogen-bond acceptors (Lipinski definition) is 6. The van der Waals surface area contributed by atoms with Gasteiger partial charge in [0.25, 0.3) is 0 Å². The third kappa shape index (κ3) is 5.70. The van der Waals surface area contributed by atoms with Crippen LogP contribution >= 0.6 is 0 Å². The predicted octanol–water partition coefficient (Wildman–Crippen LogP) is 3.35. The van der Waals surface area contributed by atoms with Gasteiger partial charge in [-0.3, -0.25) is 4.79 Å². The van der Waals surface area contributed by atoms with E-state index in [4.69, 9.17) is 5.11 Å². The summed E-state index contributed by atoms with van der Waals surface area (Å²) in [6, 6.07) is 0. The Morgan fingerprint density at radius 2 is 1.61 bits per heavy atom. The van der Waals surface area contributed by atoms with Crippen LogP contribution in [0.2, 0.25) is 0 Å². The molecule has 0 aromatic heterocycles. The molecule has 0 bridgehead atoms. The highest BCUT2D eigenvalue weighted by molar-refractivity contribution is 5.75. The molecule has 4 rings (SSSR count). The summed E-state index contributed by atoms with van der Waals surface area (Å²) in [7, 11) is 1.64. The van der Waals surface area contributed by atoms with E-state index in [1.165, 1.54) is 49.8 Å². The van der Waals surface area contributed by atoms with Crippen LogP contribution in [0.1, 0.15) is 97.8 Å². The standard InChI is InChI=1S/C31H55NO6/c1-19(5-10-28(37)32(4)18-27(36)29(38)26(35)13-16-33)23-8-9-24-22-7-6-20-17-21(34)11-14-30(20,2)25(22)12-15-31(23,24)3/h19-27,29,33-36,38H,5-18H2,1-4H3/t19-,20-,21-,22+,23?,24?,25?,26-,27+,29+,30+,31-/m1/s1. The summed E-state index contributed by atoms with van der Waals surface area (Å²) < 4.78 is 0. The van der Waals surface area contributed by atoms with E-state index in [9.17, 15) is 25.2 Å². The van der Waals surface area contributed by atoms with Crippen molar-refractivity contribution >= 4 is 5.91 Å². The van der Waals surface area contributed by atoms with Gasteiger partial charge in [0.1, 0.15) is 6.10 Å². The van der Waals surface area contributed by atoms with Gasteiger partial charge in [0.05, 0.1) is 18.3 Å². The van der Waals surface area contributed by atoms with Gasteiger partial charge in [-0.15, -0.1) is 0 Å². The number of rotatable bonds is 10. The summed E-state index contributed by atoms with van der Waals surface area (Å²) in [5.41, 5.74) is 0.743. The molecule has 4 aliphatic carbocycles. The van der Waals surface area contributed by atoms with Gasteiger partial charge >= 0.3 is 0 Å². The largest absolute Gasteiger partial charge is 0.396 e. The van der Waals surface area contributed by atoms with E-state index in [1.807, 2.05) is 0 Å². The molecule has 0 aromatic rings. The quantitative estimate of drug-likeness (QED) is 0.291. The van der Waals surface area contributed by atoms with Crippen molar-refractivity contribution in [3.63, 3.8) is 0 Å². The van der Waals surface area contributed by atoms with Crippen LogP contribution in [-0.2, 0) is 4.79 Å². The van der Waals surface area contributed by atoms with Crippen LogP contribution in [0.4, 0.5) is 0 Å². The fourth-order valence-electron chi connectivity index (χ4n) is 10.0. The zero-order chi connectivity index (χ0) is 27.8. The lowest BCUT2D eigenvalue weighted by Gasteiger charge is -2.61. The Bertz CT molecular complexity index is 809. The highest BCUT2D eigenvalue weighted by atomic mass is 16.4. The number of carbonyl (C=O) groups is 1. The molecule has 1 amide bonds. The molecule has 0 heterocycles. The number of carbonyl (C=O) groups excluding carboxylic acids is 1. The maximum atomic E-state index is 12.9. The molecule has 38 heavy (non-hydrogen) atoms. The normalized spacial score (nSPS) is 41.8. The Balaban J connectivity index is 1.31. The number of aliphatic hydroxyl groups is 5. The third-order valence-corrected chi connectivity index (χ3v) is 12.3. The van der Waals surface area contributed by atoms with Crippen molar-refractivity contribution < 1.29 is 30.3 Å². The van der Waals surface area contributed by atoms with E-state index in [2.05, 4.69) is 20.8 Å². The molecule has 0 aromatic carbocycles. The van der Waals surface area contributed by atoms with Gasteiger partial charge < -0.3 is 30.4 Å². The second-order valence-electron chi connectivity index (χ2n) is 14.2. The van der Waals surface area contributed by atoms with E-state index >= 15 is 0 Å². The van der Waals surface area contributed by atoms with Gasteiger partial charge in [-0.25, -0.2) is 0 Å². The first-order valence-electron chi connectivity index (χ1n) is 15.5. The molecule has 0 spiro atoms. The molecule has 7 nitrogen and oxygen atoms in total. The minimum atomic E-state index is -1.39. The van der Waals surface area contributed by atoms with E-state index in [0.717, 1.165) is 37.0 Å². The lowest BCUT2D eigenvalue weighted by Crippen LogP contribution is -2.54. The van der Waals surface area contributed by atoms with Crippen molar-refractivity contribution in [2.45, 2.75) is 122 Å². The molecule has 0 radical (unpaired) electrons. The monoisotopic (exact) mass is 537 g/mol. The number of aliphatic hydroxyl groups excluding tert-OH is 5. The first-order valence-corrected chi connectivity index (χ1v) is 15.5. The maximum Gasteiger partial charge on any atom is 0.222 e. The van der Waals surface area contributed by atoms with E-state index in [-0.39, 0.29) is 31.6 Å². The SMILES string of the molecule is C[C@H](CCC(=O)N(C)C[C@H](O)[C@@H](O)[C@H](O)CCO)C1CCC2[C@@H]3CC[C@@H]4C[C@H](O)CC[C@]4(C)C3CC[C@@]21C. The maximum absolute atomic E-state index is 12.9. The number of likely N-dealkylation sites (N-methyl/N-ethyl adjacent to an activating group) is 1. The zero-order valence-electron chi connectivity index (χ0n) is 24.3. The van der Waals surface area contributed by atoms with Gasteiger partial charge in [0.15, 0.2) is 0 Å². The summed E-state index contributed by atoms with van der Waals surface area (Å²) in [5, 5.41) is 49.4. The van der Waals surface area contributed by atoms with Crippen molar-refractivity contribution in [3.05, 3.63) is 0 Å². The molecule has 3 unspecified atom stereocenters. The molecule has 220 valence electrons. The predicted molar refractivity (Wildman–Crippen MR) is 147 cm³/mol. The molecule has 4 saturated carbocycles. The van der Waals surface area contributed by atoms with Crippen LogP contribution in [-0.4, -0.2) is 81.0 Å². The second kappa shape index (κ2) is 12.0. The van der Waals surface area contributed by atoms with Crippen molar-refractivity contribution in [1.82, 2.24) is 4.90 Å². The highest BCUT2D eigenvalue weighted by Gasteiger charge is 2.60. The van der Waals surface area contributed by atoms with Gasteiger partial charge in [0.2, 0.25) is 5.91 Å². The molecule has 5 N–H and O–H groups in total. The number of amides is 1. The first kappa shape index (κ1) is 30.2. The van der Waals surface area contributed by atoms with Crippen LogP contribution < -0.4 is 0 Å². The molecule has 7 heteroatoms. The second-order valence-corrected chi connectivity index (χ2v) is 14.2. The van der Waals surface area contributed by atoms with Crippen LogP contribution in [0.3, 0.4) is 0 Å². The molecular weight excluding hydrogens is 482 g/mol. The van der Waals surface area contributed by atoms with Crippen molar-refractivity contribution in [1.29, 1.82) is 0 Å². The summed E-state index contributed by atoms with van der Waals surface area (Å²) >= 11 is 0. The summed E-state index contributed by atoms with van der Waals surface area (Å²) in [6.07, 6.45) is 8.20. The fraction of sp³-hybridized carbons (Fsp3) is 0.968. The molecule has 12 atom stereocenters. The lowest BCUT2D eigenvalue weighted by atomic mass is 9.44. The van der Waals surface area contributed by atoms with Gasteiger partial charge in [-0.2, -0.15) is 0 Å². The number of fused-ring (bicyclic) bond motifs is 5. The molecular formula is C31H55NO6. The summed E-state index contributed by atoms with van der Waals surface area (Å²) in [4.78, 5) is 14.3. The van der Waals surface area contributed by atoms with Gasteiger partial charge in [-0.05, 0) is 117 Å². The highest BCUT2D eigenvalue weighted by Crippen LogP contribution is 2.68. The topological polar surface area (TPSA) is 121 Å². The fourth-order valence-corrected chi connectivity index (χ4v) is 10.0. The summed E-state index contributed by atoms with van der Waals surface area (Å²) in [5.74, 6) is 4.11. The van der Waals surface area contributed by atoms with E-state index in [0.29, 0.717) is 35.0 Å². The van der Waals surface area contributed by atoms with Crippen molar-refractivity contribution in [3.8, 4) is 0 Å². The molecule has 4 fully saturated rings. The Labute approximate surface area is 230 Å². The van der Waals surface area contributed by atoms with Crippen LogP contribution in [0.25, 0.3) is 0 Å². The van der Waals surface area contributed by atoms with E-state index < -0.39 is 18.3 Å². The summed E-state index contributed by atoms with van der Waals surface area (Å²) in [6.45, 7) is 7.10. The minimum Gasteiger partial charge on any atom is -0.396 e. The van der Waals surface area contributed by atoms with E-state index in [1.54, 1.807) is 7.05 Å². The molecule has 0 saturated heterocycles. The smallest absolute Gasteiger partial charge is 0.222 e. The number of hydrogen-bond donors (Lipinski definition) is 5. The first-order chi connectivity index (χ1) is 17.9.